The number of aromatic nitrogens is 2. The van der Waals surface area contributed by atoms with Crippen molar-refractivity contribution in [1.82, 2.24) is 15.1 Å². The van der Waals surface area contributed by atoms with Gasteiger partial charge in [-0.25, -0.2) is 0 Å². The Hall–Kier alpha value is -0.830. The van der Waals surface area contributed by atoms with E-state index in [1.165, 1.54) is 25.0 Å². The molecule has 0 saturated carbocycles. The van der Waals surface area contributed by atoms with E-state index in [4.69, 9.17) is 0 Å². The molecule has 0 amide bonds. The predicted molar refractivity (Wildman–Crippen MR) is 68.5 cm³/mol. The smallest absolute Gasteiger partial charge is 0.0492 e. The maximum atomic E-state index is 4.20. The second kappa shape index (κ2) is 7.44. The van der Waals surface area contributed by atoms with Gasteiger partial charge in [0, 0.05) is 18.9 Å². The first kappa shape index (κ1) is 13.2. The maximum Gasteiger partial charge on any atom is 0.0492 e. The molecule has 92 valence electrons. The molecule has 0 aliphatic rings. The van der Waals surface area contributed by atoms with Crippen LogP contribution in [0.25, 0.3) is 0 Å². The van der Waals surface area contributed by atoms with Crippen molar-refractivity contribution in [3.63, 3.8) is 0 Å². The predicted octanol–water partition coefficient (Wildman–Crippen LogP) is 2.38. The van der Waals surface area contributed by atoms with E-state index >= 15 is 0 Å². The third-order valence-electron chi connectivity index (χ3n) is 3.11. The molecular weight excluding hydrogens is 198 g/mol. The monoisotopic (exact) mass is 223 g/mol. The fraction of sp³-hybridized carbons (Fsp3) is 0.769. The largest absolute Gasteiger partial charge is 0.317 e. The van der Waals surface area contributed by atoms with Crippen LogP contribution in [0.3, 0.4) is 0 Å². The Bertz CT molecular complexity index is 280. The molecule has 0 radical (unpaired) electrons. The molecule has 1 unspecified atom stereocenters. The number of hydrogen-bond donors (Lipinski definition) is 1. The summed E-state index contributed by atoms with van der Waals surface area (Å²) in [5.74, 6) is 0.805. The summed E-state index contributed by atoms with van der Waals surface area (Å²) in [5, 5.41) is 7.66. The Morgan fingerprint density at radius 3 is 2.75 bits per heavy atom. The molecule has 0 bridgehead atoms. The molecule has 16 heavy (non-hydrogen) atoms. The molecule has 0 aromatic carbocycles. The van der Waals surface area contributed by atoms with Crippen LogP contribution in [0, 0.1) is 5.92 Å². The van der Waals surface area contributed by atoms with Crippen molar-refractivity contribution in [2.75, 3.05) is 13.1 Å². The van der Waals surface area contributed by atoms with Crippen molar-refractivity contribution in [2.45, 2.75) is 39.5 Å². The first-order chi connectivity index (χ1) is 7.77. The molecule has 0 fully saturated rings. The molecular formula is C13H25N3. The van der Waals surface area contributed by atoms with E-state index in [1.807, 2.05) is 17.9 Å². The van der Waals surface area contributed by atoms with E-state index in [0.29, 0.717) is 0 Å². The molecule has 0 saturated heterocycles. The molecule has 0 aliphatic heterocycles. The van der Waals surface area contributed by atoms with E-state index in [2.05, 4.69) is 30.3 Å². The molecule has 1 N–H and O–H groups in total. The van der Waals surface area contributed by atoms with Gasteiger partial charge < -0.3 is 5.32 Å². The zero-order valence-corrected chi connectivity index (χ0v) is 10.9. The lowest BCUT2D eigenvalue weighted by Gasteiger charge is -2.16. The maximum absolute atomic E-state index is 4.20. The van der Waals surface area contributed by atoms with Gasteiger partial charge in [0.05, 0.1) is 0 Å². The third-order valence-corrected chi connectivity index (χ3v) is 3.11. The van der Waals surface area contributed by atoms with Crippen LogP contribution in [0.4, 0.5) is 0 Å². The fourth-order valence-electron chi connectivity index (χ4n) is 2.10. The third kappa shape index (κ3) is 4.35. The van der Waals surface area contributed by atoms with Crippen LogP contribution >= 0.6 is 0 Å². The highest BCUT2D eigenvalue weighted by molar-refractivity contribution is 5.00. The molecule has 1 heterocycles. The Morgan fingerprint density at radius 1 is 1.38 bits per heavy atom. The summed E-state index contributed by atoms with van der Waals surface area (Å²) in [6, 6.07) is 2.12. The zero-order chi connectivity index (χ0) is 11.8. The van der Waals surface area contributed by atoms with Crippen LogP contribution in [0.2, 0.25) is 0 Å². The number of nitrogens with one attached hydrogen (secondary N) is 1. The van der Waals surface area contributed by atoms with Gasteiger partial charge in [0.15, 0.2) is 0 Å². The lowest BCUT2D eigenvalue weighted by Crippen LogP contribution is -2.23. The second-order valence-electron chi connectivity index (χ2n) is 4.45. The minimum atomic E-state index is 0.805. The Morgan fingerprint density at radius 2 is 2.19 bits per heavy atom. The Kier molecular flexibility index (Phi) is 6.16. The number of hydrogen-bond acceptors (Lipinski definition) is 2. The quantitative estimate of drug-likeness (QED) is 0.733. The highest BCUT2D eigenvalue weighted by Gasteiger charge is 2.08. The SMILES string of the molecule is CCCC(CCc1ccnn1C)CNCC. The molecule has 0 spiro atoms. The van der Waals surface area contributed by atoms with Crippen LogP contribution in [0.1, 0.15) is 38.8 Å². The standard InChI is InChI=1S/C13H25N3/c1-4-6-12(11-14-5-2)7-8-13-9-10-15-16(13)3/h9-10,12,14H,4-8,11H2,1-3H3. The lowest BCUT2D eigenvalue weighted by molar-refractivity contribution is 0.414. The van der Waals surface area contributed by atoms with Crippen LogP contribution in [-0.2, 0) is 13.5 Å². The zero-order valence-electron chi connectivity index (χ0n) is 10.9. The van der Waals surface area contributed by atoms with Crippen molar-refractivity contribution < 1.29 is 0 Å². The topological polar surface area (TPSA) is 29.9 Å². The first-order valence-electron chi connectivity index (χ1n) is 6.45. The molecule has 3 nitrogen and oxygen atoms in total. The van der Waals surface area contributed by atoms with Crippen molar-refractivity contribution in [3.8, 4) is 0 Å². The molecule has 1 aromatic heterocycles. The average molecular weight is 223 g/mol. The van der Waals surface area contributed by atoms with Crippen LogP contribution < -0.4 is 5.32 Å². The van der Waals surface area contributed by atoms with E-state index in [-0.39, 0.29) is 0 Å². The van der Waals surface area contributed by atoms with Gasteiger partial charge >= 0.3 is 0 Å². The van der Waals surface area contributed by atoms with E-state index in [9.17, 15) is 0 Å². The number of nitrogens with zero attached hydrogens (tertiary/aromatic N) is 2. The van der Waals surface area contributed by atoms with Gasteiger partial charge in [-0.05, 0) is 44.3 Å². The Labute approximate surface area is 99.2 Å². The number of aryl methyl sites for hydroxylation is 2. The molecule has 1 rings (SSSR count). The Balaban J connectivity index is 2.34. The van der Waals surface area contributed by atoms with Gasteiger partial charge in [0.2, 0.25) is 0 Å². The summed E-state index contributed by atoms with van der Waals surface area (Å²) < 4.78 is 1.98. The molecule has 1 atom stereocenters. The van der Waals surface area contributed by atoms with Gasteiger partial charge in [-0.2, -0.15) is 5.10 Å². The van der Waals surface area contributed by atoms with E-state index in [1.54, 1.807) is 0 Å². The highest BCUT2D eigenvalue weighted by atomic mass is 15.2. The normalized spacial score (nSPS) is 12.9. The minimum Gasteiger partial charge on any atom is -0.317 e. The van der Waals surface area contributed by atoms with Crippen molar-refractivity contribution in [1.29, 1.82) is 0 Å². The van der Waals surface area contributed by atoms with Gasteiger partial charge in [0.25, 0.3) is 0 Å². The fourth-order valence-corrected chi connectivity index (χ4v) is 2.10. The molecule has 0 aliphatic carbocycles. The summed E-state index contributed by atoms with van der Waals surface area (Å²) in [6.45, 7) is 6.67. The summed E-state index contributed by atoms with van der Waals surface area (Å²) in [6.07, 6.45) is 6.90. The van der Waals surface area contributed by atoms with Crippen LogP contribution in [0.15, 0.2) is 12.3 Å². The highest BCUT2D eigenvalue weighted by Crippen LogP contribution is 2.14. The summed E-state index contributed by atoms with van der Waals surface area (Å²) >= 11 is 0. The summed E-state index contributed by atoms with van der Waals surface area (Å²) in [7, 11) is 2.02. The van der Waals surface area contributed by atoms with Crippen molar-refractivity contribution >= 4 is 0 Å². The van der Waals surface area contributed by atoms with Gasteiger partial charge in [-0.1, -0.05) is 20.3 Å². The van der Waals surface area contributed by atoms with E-state index in [0.717, 1.165) is 25.4 Å². The minimum absolute atomic E-state index is 0.805. The van der Waals surface area contributed by atoms with Crippen molar-refractivity contribution in [3.05, 3.63) is 18.0 Å². The summed E-state index contributed by atoms with van der Waals surface area (Å²) in [5.41, 5.74) is 1.35. The van der Waals surface area contributed by atoms with Crippen LogP contribution in [-0.4, -0.2) is 22.9 Å². The summed E-state index contributed by atoms with van der Waals surface area (Å²) in [4.78, 5) is 0. The lowest BCUT2D eigenvalue weighted by atomic mass is 9.97. The molecule has 1 aromatic rings. The first-order valence-corrected chi connectivity index (χ1v) is 6.45. The van der Waals surface area contributed by atoms with Crippen LogP contribution in [0.5, 0.6) is 0 Å². The van der Waals surface area contributed by atoms with Gasteiger partial charge in [-0.3, -0.25) is 4.68 Å². The van der Waals surface area contributed by atoms with E-state index < -0.39 is 0 Å². The second-order valence-corrected chi connectivity index (χ2v) is 4.45. The average Bonchev–Trinajstić information content (AvgIpc) is 2.68. The van der Waals surface area contributed by atoms with Gasteiger partial charge in [0.1, 0.15) is 0 Å². The van der Waals surface area contributed by atoms with Crippen molar-refractivity contribution in [2.24, 2.45) is 13.0 Å². The number of rotatable bonds is 8. The molecule has 3 heteroatoms. The van der Waals surface area contributed by atoms with Gasteiger partial charge in [-0.15, -0.1) is 0 Å².